The summed E-state index contributed by atoms with van der Waals surface area (Å²) in [5.41, 5.74) is 1.60. The molecule has 0 aliphatic carbocycles. The molecule has 1 saturated heterocycles. The lowest BCUT2D eigenvalue weighted by atomic mass is 10.1. The van der Waals surface area contributed by atoms with Crippen molar-refractivity contribution in [2.24, 2.45) is 7.05 Å². The molecule has 1 fully saturated rings. The van der Waals surface area contributed by atoms with Gasteiger partial charge in [0.15, 0.2) is 5.82 Å². The molecule has 0 bridgehead atoms. The summed E-state index contributed by atoms with van der Waals surface area (Å²) in [6.07, 6.45) is 15.2. The van der Waals surface area contributed by atoms with Crippen molar-refractivity contribution in [1.82, 2.24) is 34.6 Å². The van der Waals surface area contributed by atoms with Gasteiger partial charge in [0.05, 0.1) is 12.2 Å². The maximum atomic E-state index is 12.8. The van der Waals surface area contributed by atoms with Gasteiger partial charge in [-0.1, -0.05) is 0 Å². The number of nitrogens with zero attached hydrogens (tertiary/aromatic N) is 7. The molecule has 1 atom stereocenters. The molecule has 1 unspecified atom stereocenters. The van der Waals surface area contributed by atoms with Crippen molar-refractivity contribution < 1.29 is 4.79 Å². The minimum absolute atomic E-state index is 0.0566. The van der Waals surface area contributed by atoms with E-state index in [-0.39, 0.29) is 11.9 Å². The number of nitrogens with one attached hydrogen (secondary N) is 1. The molecule has 142 valence electrons. The molecule has 0 aromatic carbocycles. The molecule has 9 heteroatoms. The minimum atomic E-state index is -0.147. The summed E-state index contributed by atoms with van der Waals surface area (Å²) in [6, 6.07) is 1.60. The second kappa shape index (κ2) is 7.95. The van der Waals surface area contributed by atoms with E-state index in [0.717, 1.165) is 24.1 Å². The highest BCUT2D eigenvalue weighted by molar-refractivity contribution is 5.92. The first-order valence-corrected chi connectivity index (χ1v) is 9.03. The molecule has 0 saturated carbocycles. The smallest absolute Gasteiger partial charge is 0.247 e. The fourth-order valence-electron chi connectivity index (χ4n) is 3.26. The van der Waals surface area contributed by atoms with Gasteiger partial charge >= 0.3 is 0 Å². The highest BCUT2D eigenvalue weighted by Gasteiger charge is 2.32. The summed E-state index contributed by atoms with van der Waals surface area (Å²) in [4.78, 5) is 31.9. The molecular weight excluding hydrogens is 356 g/mol. The fraction of sp³-hybridized carbons (Fsp3) is 0.263. The molecule has 3 aromatic heterocycles. The number of anilines is 2. The lowest BCUT2D eigenvalue weighted by Crippen LogP contribution is -2.30. The van der Waals surface area contributed by atoms with Crippen LogP contribution in [0.15, 0.2) is 49.3 Å². The Labute approximate surface area is 162 Å². The summed E-state index contributed by atoms with van der Waals surface area (Å²) >= 11 is 0. The quantitative estimate of drug-likeness (QED) is 0.681. The predicted molar refractivity (Wildman–Crippen MR) is 103 cm³/mol. The van der Waals surface area contributed by atoms with E-state index in [1.54, 1.807) is 53.9 Å². The predicted octanol–water partition coefficient (Wildman–Crippen LogP) is 2.12. The number of aryl methyl sites for hydroxylation is 1. The van der Waals surface area contributed by atoms with Crippen LogP contribution in [0.4, 0.5) is 11.8 Å². The Bertz CT molecular complexity index is 984. The van der Waals surface area contributed by atoms with Crippen molar-refractivity contribution in [3.8, 4) is 0 Å². The number of likely N-dealkylation sites (tertiary alicyclic amines) is 1. The van der Waals surface area contributed by atoms with Crippen LogP contribution in [0.3, 0.4) is 0 Å². The van der Waals surface area contributed by atoms with Crippen molar-refractivity contribution in [1.29, 1.82) is 0 Å². The van der Waals surface area contributed by atoms with Crippen LogP contribution in [0.2, 0.25) is 0 Å². The first kappa shape index (κ1) is 17.8. The van der Waals surface area contributed by atoms with Crippen LogP contribution in [-0.2, 0) is 11.8 Å². The zero-order chi connectivity index (χ0) is 19.3. The molecule has 1 N–H and O–H groups in total. The van der Waals surface area contributed by atoms with Crippen LogP contribution in [0.1, 0.15) is 30.1 Å². The Kier molecular flexibility index (Phi) is 5.05. The lowest BCUT2D eigenvalue weighted by Gasteiger charge is -2.24. The van der Waals surface area contributed by atoms with Gasteiger partial charge in [-0.3, -0.25) is 14.5 Å². The molecule has 9 nitrogen and oxygen atoms in total. The molecule has 1 amide bonds. The number of hydrogen-bond acceptors (Lipinski definition) is 7. The summed E-state index contributed by atoms with van der Waals surface area (Å²) in [6.45, 7) is 0.679. The highest BCUT2D eigenvalue weighted by atomic mass is 16.2. The van der Waals surface area contributed by atoms with E-state index < -0.39 is 0 Å². The summed E-state index contributed by atoms with van der Waals surface area (Å²) < 4.78 is 1.70. The SMILES string of the molecule is Cn1cc(/C=C/C(=O)N2CCCC2c2nccnc2Nc2ncccn2)cn1. The average molecular weight is 376 g/mol. The van der Waals surface area contributed by atoms with Gasteiger partial charge in [0.25, 0.3) is 0 Å². The van der Waals surface area contributed by atoms with Gasteiger partial charge in [0.1, 0.15) is 5.69 Å². The van der Waals surface area contributed by atoms with Crippen LogP contribution in [-0.4, -0.2) is 47.1 Å². The number of carbonyl (C=O) groups excluding carboxylic acids is 1. The van der Waals surface area contributed by atoms with Gasteiger partial charge in [-0.15, -0.1) is 0 Å². The van der Waals surface area contributed by atoms with E-state index in [1.807, 2.05) is 18.1 Å². The highest BCUT2D eigenvalue weighted by Crippen LogP contribution is 2.34. The van der Waals surface area contributed by atoms with Crippen LogP contribution in [0.5, 0.6) is 0 Å². The Morgan fingerprint density at radius 2 is 2.00 bits per heavy atom. The van der Waals surface area contributed by atoms with Crippen molar-refractivity contribution in [3.05, 3.63) is 60.6 Å². The number of rotatable bonds is 5. The minimum Gasteiger partial charge on any atom is -0.330 e. The zero-order valence-corrected chi connectivity index (χ0v) is 15.4. The van der Waals surface area contributed by atoms with Crippen LogP contribution < -0.4 is 5.32 Å². The number of hydrogen-bond donors (Lipinski definition) is 1. The number of carbonyl (C=O) groups is 1. The Balaban J connectivity index is 1.55. The third-order valence-electron chi connectivity index (χ3n) is 4.52. The molecule has 3 aromatic rings. The van der Waals surface area contributed by atoms with E-state index in [0.29, 0.717) is 18.3 Å². The molecule has 4 heterocycles. The molecule has 28 heavy (non-hydrogen) atoms. The molecule has 4 rings (SSSR count). The van der Waals surface area contributed by atoms with Gasteiger partial charge in [-0.05, 0) is 25.0 Å². The topological polar surface area (TPSA) is 102 Å². The van der Waals surface area contributed by atoms with Crippen LogP contribution in [0, 0.1) is 0 Å². The zero-order valence-electron chi connectivity index (χ0n) is 15.4. The van der Waals surface area contributed by atoms with Crippen molar-refractivity contribution in [2.75, 3.05) is 11.9 Å². The summed E-state index contributed by atoms with van der Waals surface area (Å²) in [5.74, 6) is 0.949. The first-order chi connectivity index (χ1) is 13.7. The first-order valence-electron chi connectivity index (χ1n) is 9.03. The van der Waals surface area contributed by atoms with E-state index >= 15 is 0 Å². The van der Waals surface area contributed by atoms with Crippen molar-refractivity contribution in [3.63, 3.8) is 0 Å². The van der Waals surface area contributed by atoms with E-state index in [9.17, 15) is 4.79 Å². The van der Waals surface area contributed by atoms with E-state index in [1.165, 1.54) is 0 Å². The van der Waals surface area contributed by atoms with Gasteiger partial charge in [-0.2, -0.15) is 5.10 Å². The van der Waals surface area contributed by atoms with Gasteiger partial charge in [0.2, 0.25) is 11.9 Å². The molecular formula is C19H20N8O. The van der Waals surface area contributed by atoms with Gasteiger partial charge in [-0.25, -0.2) is 15.0 Å². The van der Waals surface area contributed by atoms with Gasteiger partial charge in [0, 0.05) is 56.2 Å². The normalized spacial score (nSPS) is 16.6. The third kappa shape index (κ3) is 3.88. The Morgan fingerprint density at radius 1 is 1.18 bits per heavy atom. The lowest BCUT2D eigenvalue weighted by molar-refractivity contribution is -0.126. The standard InChI is InChI=1S/C19H20N8O/c1-26-13-14(12-24-26)5-6-16(28)27-11-2-4-15(27)17-18(21-10-9-20-17)25-19-22-7-3-8-23-19/h3,5-10,12-13,15H,2,4,11H2,1H3,(H,21,22,23,25)/b6-5+. The maximum Gasteiger partial charge on any atom is 0.247 e. The monoisotopic (exact) mass is 376 g/mol. The third-order valence-corrected chi connectivity index (χ3v) is 4.52. The Hall–Kier alpha value is -3.62. The van der Waals surface area contributed by atoms with Crippen molar-refractivity contribution in [2.45, 2.75) is 18.9 Å². The summed E-state index contributed by atoms with van der Waals surface area (Å²) in [7, 11) is 1.84. The molecule has 1 aliphatic rings. The summed E-state index contributed by atoms with van der Waals surface area (Å²) in [5, 5.41) is 7.21. The molecule has 1 aliphatic heterocycles. The number of aromatic nitrogens is 6. The van der Waals surface area contributed by atoms with Crippen LogP contribution in [0.25, 0.3) is 6.08 Å². The van der Waals surface area contributed by atoms with E-state index in [4.69, 9.17) is 0 Å². The van der Waals surface area contributed by atoms with Gasteiger partial charge < -0.3 is 10.2 Å². The second-order valence-corrected chi connectivity index (χ2v) is 6.46. The van der Waals surface area contributed by atoms with Crippen LogP contribution >= 0.6 is 0 Å². The van der Waals surface area contributed by atoms with Crippen molar-refractivity contribution >= 4 is 23.7 Å². The second-order valence-electron chi connectivity index (χ2n) is 6.46. The molecule has 0 spiro atoms. The fourth-order valence-corrected chi connectivity index (χ4v) is 3.26. The van der Waals surface area contributed by atoms with E-state index in [2.05, 4.69) is 30.4 Å². The maximum absolute atomic E-state index is 12.8. The number of amides is 1. The largest absolute Gasteiger partial charge is 0.330 e. The average Bonchev–Trinajstić information content (AvgIpc) is 3.36. The Morgan fingerprint density at radius 3 is 2.79 bits per heavy atom. The molecule has 0 radical (unpaired) electrons.